The van der Waals surface area contributed by atoms with Crippen molar-refractivity contribution in [1.82, 2.24) is 0 Å². The Morgan fingerprint density at radius 2 is 1.94 bits per heavy atom. The Balaban J connectivity index is 2.19. The number of hydrogen-bond acceptors (Lipinski definition) is 1. The van der Waals surface area contributed by atoms with Gasteiger partial charge in [0.05, 0.1) is 6.04 Å². The molecule has 0 radical (unpaired) electrons. The molecule has 0 aromatic heterocycles. The Morgan fingerprint density at radius 3 is 2.61 bits per heavy atom. The van der Waals surface area contributed by atoms with Gasteiger partial charge in [-0.05, 0) is 43.7 Å². The fourth-order valence-electron chi connectivity index (χ4n) is 1.92. The molecule has 2 rings (SSSR count). The van der Waals surface area contributed by atoms with E-state index in [4.69, 9.17) is 0 Å². The molecule has 1 nitrogen and oxygen atoms in total. The van der Waals surface area contributed by atoms with E-state index in [1.807, 2.05) is 44.2 Å². The molecule has 0 aliphatic heterocycles. The van der Waals surface area contributed by atoms with E-state index < -0.39 is 0 Å². The minimum atomic E-state index is -0.197. The first kappa shape index (κ1) is 13.1. The predicted molar refractivity (Wildman–Crippen MR) is 77.3 cm³/mol. The molecule has 0 aliphatic carbocycles. The van der Waals surface area contributed by atoms with Gasteiger partial charge < -0.3 is 5.32 Å². The van der Waals surface area contributed by atoms with Crippen molar-refractivity contribution in [2.45, 2.75) is 19.9 Å². The summed E-state index contributed by atoms with van der Waals surface area (Å²) in [5.41, 5.74) is 2.85. The van der Waals surface area contributed by atoms with Crippen LogP contribution in [0.15, 0.2) is 46.9 Å². The van der Waals surface area contributed by atoms with Crippen molar-refractivity contribution in [2.75, 3.05) is 5.32 Å². The van der Waals surface area contributed by atoms with Crippen LogP contribution in [0.25, 0.3) is 0 Å². The monoisotopic (exact) mass is 307 g/mol. The highest BCUT2D eigenvalue weighted by molar-refractivity contribution is 9.10. The molecule has 0 saturated carbocycles. The Bertz CT molecular complexity index is 554. The molecule has 94 valence electrons. The van der Waals surface area contributed by atoms with Crippen LogP contribution in [-0.2, 0) is 0 Å². The number of rotatable bonds is 3. The summed E-state index contributed by atoms with van der Waals surface area (Å²) in [4.78, 5) is 0. The van der Waals surface area contributed by atoms with Gasteiger partial charge in [-0.15, -0.1) is 0 Å². The molecule has 1 N–H and O–H groups in total. The summed E-state index contributed by atoms with van der Waals surface area (Å²) in [6.45, 7) is 3.99. The lowest BCUT2D eigenvalue weighted by molar-refractivity contribution is 0.599. The normalized spacial score (nSPS) is 12.2. The summed E-state index contributed by atoms with van der Waals surface area (Å²) in [7, 11) is 0. The largest absolute Gasteiger partial charge is 0.378 e. The Morgan fingerprint density at radius 1 is 1.17 bits per heavy atom. The molecule has 0 bridgehead atoms. The number of benzene rings is 2. The maximum absolute atomic E-state index is 13.8. The lowest BCUT2D eigenvalue weighted by Crippen LogP contribution is -2.08. The molecular weight excluding hydrogens is 293 g/mol. The lowest BCUT2D eigenvalue weighted by atomic mass is 10.1. The average molecular weight is 308 g/mol. The number of anilines is 1. The summed E-state index contributed by atoms with van der Waals surface area (Å²) in [5, 5.41) is 3.30. The first-order valence-electron chi connectivity index (χ1n) is 5.84. The standard InChI is InChI=1S/C15H15BrFN/c1-10-4-3-5-13(8-10)18-11(2)14-7-6-12(16)9-15(14)17/h3-9,11,18H,1-2H3. The van der Waals surface area contributed by atoms with E-state index >= 15 is 0 Å². The van der Waals surface area contributed by atoms with Gasteiger partial charge in [0, 0.05) is 15.7 Å². The van der Waals surface area contributed by atoms with Crippen LogP contribution in [0.5, 0.6) is 0 Å². The average Bonchev–Trinajstić information content (AvgIpc) is 2.28. The maximum Gasteiger partial charge on any atom is 0.129 e. The number of aryl methyl sites for hydroxylation is 1. The summed E-state index contributed by atoms with van der Waals surface area (Å²) in [5.74, 6) is -0.197. The predicted octanol–water partition coefficient (Wildman–Crippen LogP) is 5.07. The van der Waals surface area contributed by atoms with Gasteiger partial charge in [-0.1, -0.05) is 34.1 Å². The lowest BCUT2D eigenvalue weighted by Gasteiger charge is -2.17. The minimum absolute atomic E-state index is 0.0695. The summed E-state index contributed by atoms with van der Waals surface area (Å²) < 4.78 is 14.6. The topological polar surface area (TPSA) is 12.0 Å². The van der Waals surface area contributed by atoms with Gasteiger partial charge in [0.15, 0.2) is 0 Å². The number of halogens is 2. The summed E-state index contributed by atoms with van der Waals surface area (Å²) >= 11 is 3.26. The van der Waals surface area contributed by atoms with E-state index in [1.165, 1.54) is 11.6 Å². The van der Waals surface area contributed by atoms with Crippen LogP contribution in [0.3, 0.4) is 0 Å². The van der Waals surface area contributed by atoms with E-state index in [-0.39, 0.29) is 11.9 Å². The summed E-state index contributed by atoms with van der Waals surface area (Å²) in [6, 6.07) is 13.1. The smallest absolute Gasteiger partial charge is 0.129 e. The van der Waals surface area contributed by atoms with Crippen LogP contribution in [0, 0.1) is 12.7 Å². The summed E-state index contributed by atoms with van der Waals surface area (Å²) in [6.07, 6.45) is 0. The number of nitrogens with one attached hydrogen (secondary N) is 1. The second-order valence-corrected chi connectivity index (χ2v) is 5.32. The van der Waals surface area contributed by atoms with E-state index in [9.17, 15) is 4.39 Å². The Kier molecular flexibility index (Phi) is 4.02. The zero-order valence-corrected chi connectivity index (χ0v) is 12.0. The molecule has 2 aromatic carbocycles. The molecule has 0 aliphatic rings. The quantitative estimate of drug-likeness (QED) is 0.834. The SMILES string of the molecule is Cc1cccc(NC(C)c2ccc(Br)cc2F)c1. The van der Waals surface area contributed by atoms with Crippen molar-refractivity contribution in [3.05, 3.63) is 63.9 Å². The van der Waals surface area contributed by atoms with Crippen LogP contribution in [-0.4, -0.2) is 0 Å². The molecule has 0 spiro atoms. The molecule has 2 aromatic rings. The third-order valence-corrected chi connectivity index (χ3v) is 3.32. The second kappa shape index (κ2) is 5.53. The molecule has 0 fully saturated rings. The van der Waals surface area contributed by atoms with Crippen LogP contribution >= 0.6 is 15.9 Å². The minimum Gasteiger partial charge on any atom is -0.378 e. The number of hydrogen-bond donors (Lipinski definition) is 1. The third-order valence-electron chi connectivity index (χ3n) is 2.83. The van der Waals surface area contributed by atoms with Crippen molar-refractivity contribution in [2.24, 2.45) is 0 Å². The van der Waals surface area contributed by atoms with Crippen molar-refractivity contribution in [3.63, 3.8) is 0 Å². The molecule has 1 unspecified atom stereocenters. The zero-order valence-electron chi connectivity index (χ0n) is 10.4. The van der Waals surface area contributed by atoms with Crippen molar-refractivity contribution in [1.29, 1.82) is 0 Å². The van der Waals surface area contributed by atoms with Gasteiger partial charge in [-0.25, -0.2) is 4.39 Å². The highest BCUT2D eigenvalue weighted by Gasteiger charge is 2.10. The zero-order chi connectivity index (χ0) is 13.1. The van der Waals surface area contributed by atoms with Gasteiger partial charge in [0.2, 0.25) is 0 Å². The third kappa shape index (κ3) is 3.10. The van der Waals surface area contributed by atoms with E-state index in [0.29, 0.717) is 5.56 Å². The second-order valence-electron chi connectivity index (χ2n) is 4.40. The molecule has 0 amide bonds. The van der Waals surface area contributed by atoms with Gasteiger partial charge >= 0.3 is 0 Å². The van der Waals surface area contributed by atoms with Crippen molar-refractivity contribution >= 4 is 21.6 Å². The van der Waals surface area contributed by atoms with Crippen molar-refractivity contribution < 1.29 is 4.39 Å². The Hall–Kier alpha value is -1.35. The molecular formula is C15H15BrFN. The highest BCUT2D eigenvalue weighted by Crippen LogP contribution is 2.24. The van der Waals surface area contributed by atoms with Crippen molar-refractivity contribution in [3.8, 4) is 0 Å². The first-order valence-corrected chi connectivity index (χ1v) is 6.64. The van der Waals surface area contributed by atoms with Gasteiger partial charge in [0.1, 0.15) is 5.82 Å². The van der Waals surface area contributed by atoms with Gasteiger partial charge in [0.25, 0.3) is 0 Å². The van der Waals surface area contributed by atoms with Crippen LogP contribution in [0.1, 0.15) is 24.1 Å². The molecule has 0 saturated heterocycles. The van der Waals surface area contributed by atoms with Crippen LogP contribution < -0.4 is 5.32 Å². The molecule has 1 atom stereocenters. The Labute approximate surface area is 115 Å². The maximum atomic E-state index is 13.8. The van der Waals surface area contributed by atoms with E-state index in [1.54, 1.807) is 6.07 Å². The molecule has 18 heavy (non-hydrogen) atoms. The molecule has 3 heteroatoms. The fraction of sp³-hybridized carbons (Fsp3) is 0.200. The van der Waals surface area contributed by atoms with E-state index in [0.717, 1.165) is 10.2 Å². The first-order chi connectivity index (χ1) is 8.56. The van der Waals surface area contributed by atoms with Gasteiger partial charge in [-0.3, -0.25) is 0 Å². The van der Waals surface area contributed by atoms with Crippen LogP contribution in [0.4, 0.5) is 10.1 Å². The fourth-order valence-corrected chi connectivity index (χ4v) is 2.25. The van der Waals surface area contributed by atoms with E-state index in [2.05, 4.69) is 21.2 Å². The van der Waals surface area contributed by atoms with Gasteiger partial charge in [-0.2, -0.15) is 0 Å². The molecule has 0 heterocycles. The highest BCUT2D eigenvalue weighted by atomic mass is 79.9. The van der Waals surface area contributed by atoms with Crippen LogP contribution in [0.2, 0.25) is 0 Å².